The van der Waals surface area contributed by atoms with Gasteiger partial charge in [-0.3, -0.25) is 4.98 Å². The number of aryl methyl sites for hydroxylation is 1. The maximum Gasteiger partial charge on any atom is 0.159 e. The zero-order chi connectivity index (χ0) is 14.5. The largest absolute Gasteiger partial charge is 0.389 e. The van der Waals surface area contributed by atoms with Gasteiger partial charge < -0.3 is 4.84 Å². The molecule has 0 unspecified atom stereocenters. The number of halogens is 1. The van der Waals surface area contributed by atoms with Crippen LogP contribution in [-0.2, 0) is 11.4 Å². The van der Waals surface area contributed by atoms with Crippen molar-refractivity contribution in [2.75, 3.05) is 0 Å². The van der Waals surface area contributed by atoms with E-state index in [0.717, 1.165) is 28.2 Å². The number of oxime groups is 1. The molecule has 0 aliphatic heterocycles. The number of nitrogens with zero attached hydrogens (tertiary/aromatic N) is 2. The molecule has 4 heteroatoms. The zero-order valence-corrected chi connectivity index (χ0v) is 12.3. The lowest BCUT2D eigenvalue weighted by Gasteiger charge is -2.05. The summed E-state index contributed by atoms with van der Waals surface area (Å²) < 4.78 is 0. The van der Waals surface area contributed by atoms with Gasteiger partial charge in [0.05, 0.1) is 11.4 Å². The van der Waals surface area contributed by atoms with E-state index in [1.54, 1.807) is 6.07 Å². The Hall–Kier alpha value is -1.87. The lowest BCUT2D eigenvalue weighted by Crippen LogP contribution is -1.99. The maximum atomic E-state index is 5.94. The molecule has 1 aromatic heterocycles. The molecule has 0 saturated carbocycles. The molecule has 103 valence electrons. The minimum Gasteiger partial charge on any atom is -0.389 e. The predicted octanol–water partition coefficient (Wildman–Crippen LogP) is 4.17. The fourth-order valence-corrected chi connectivity index (χ4v) is 1.85. The van der Waals surface area contributed by atoms with E-state index in [0.29, 0.717) is 11.6 Å². The molecule has 0 amide bonds. The molecule has 0 fully saturated rings. The van der Waals surface area contributed by atoms with Gasteiger partial charge in [0.15, 0.2) is 6.61 Å². The van der Waals surface area contributed by atoms with Gasteiger partial charge in [-0.2, -0.15) is 0 Å². The van der Waals surface area contributed by atoms with Crippen molar-refractivity contribution in [1.82, 2.24) is 4.98 Å². The van der Waals surface area contributed by atoms with Crippen molar-refractivity contribution in [2.24, 2.45) is 5.16 Å². The highest BCUT2D eigenvalue weighted by Gasteiger charge is 2.02. The van der Waals surface area contributed by atoms with Crippen LogP contribution >= 0.6 is 11.6 Å². The van der Waals surface area contributed by atoms with Gasteiger partial charge in [0.25, 0.3) is 0 Å². The van der Waals surface area contributed by atoms with Crippen molar-refractivity contribution in [3.8, 4) is 0 Å². The van der Waals surface area contributed by atoms with E-state index in [1.165, 1.54) is 0 Å². The molecule has 0 aliphatic carbocycles. The Balaban J connectivity index is 2.02. The van der Waals surface area contributed by atoms with E-state index in [1.807, 2.05) is 44.2 Å². The first-order chi connectivity index (χ1) is 9.56. The lowest BCUT2D eigenvalue weighted by atomic mass is 10.1. The van der Waals surface area contributed by atoms with Crippen molar-refractivity contribution < 1.29 is 4.84 Å². The second kappa shape index (κ2) is 6.53. The first kappa shape index (κ1) is 14.5. The van der Waals surface area contributed by atoms with Gasteiger partial charge in [-0.1, -0.05) is 28.9 Å². The van der Waals surface area contributed by atoms with Crippen molar-refractivity contribution in [1.29, 1.82) is 0 Å². The van der Waals surface area contributed by atoms with Crippen LogP contribution in [0.2, 0.25) is 5.02 Å². The zero-order valence-electron chi connectivity index (χ0n) is 11.6. The number of aromatic nitrogens is 1. The molecule has 20 heavy (non-hydrogen) atoms. The van der Waals surface area contributed by atoms with Crippen LogP contribution in [0.3, 0.4) is 0 Å². The van der Waals surface area contributed by atoms with Crippen LogP contribution < -0.4 is 0 Å². The Morgan fingerprint density at radius 3 is 2.85 bits per heavy atom. The fraction of sp³-hybridized carbons (Fsp3) is 0.188. The molecule has 2 aromatic rings. The van der Waals surface area contributed by atoms with Crippen LogP contribution in [0.4, 0.5) is 0 Å². The van der Waals surface area contributed by atoms with Gasteiger partial charge in [-0.15, -0.1) is 0 Å². The third kappa shape index (κ3) is 3.81. The SMILES string of the molecule is [CH2]c1cc(C(C)=NOCc2cccc(C)n2)ccc1Cl. The predicted molar refractivity (Wildman–Crippen MR) is 81.9 cm³/mol. The molecule has 0 atom stereocenters. The first-order valence-electron chi connectivity index (χ1n) is 6.27. The van der Waals surface area contributed by atoms with Gasteiger partial charge in [-0.05, 0) is 56.2 Å². The highest BCUT2D eigenvalue weighted by Crippen LogP contribution is 2.16. The van der Waals surface area contributed by atoms with E-state index < -0.39 is 0 Å². The van der Waals surface area contributed by atoms with Crippen LogP contribution in [0, 0.1) is 13.8 Å². The average molecular weight is 288 g/mol. The molecular formula is C16H16ClN2O. The second-order valence-electron chi connectivity index (χ2n) is 4.53. The molecule has 1 radical (unpaired) electrons. The highest BCUT2D eigenvalue weighted by atomic mass is 35.5. The first-order valence-corrected chi connectivity index (χ1v) is 6.65. The fourth-order valence-electron chi connectivity index (χ4n) is 1.73. The summed E-state index contributed by atoms with van der Waals surface area (Å²) in [5, 5.41) is 4.74. The molecule has 2 rings (SSSR count). The third-order valence-corrected chi connectivity index (χ3v) is 3.19. The van der Waals surface area contributed by atoms with Crippen molar-refractivity contribution in [3.05, 3.63) is 70.9 Å². The van der Waals surface area contributed by atoms with Gasteiger partial charge in [0, 0.05) is 10.7 Å². The van der Waals surface area contributed by atoms with Crippen LogP contribution in [-0.4, -0.2) is 10.7 Å². The summed E-state index contributed by atoms with van der Waals surface area (Å²) in [6.45, 7) is 8.04. The summed E-state index contributed by atoms with van der Waals surface area (Å²) in [6, 6.07) is 11.4. The van der Waals surface area contributed by atoms with E-state index >= 15 is 0 Å². The smallest absolute Gasteiger partial charge is 0.159 e. The number of rotatable bonds is 4. The molecule has 0 spiro atoms. The summed E-state index contributed by atoms with van der Waals surface area (Å²) in [5.41, 5.74) is 4.32. The Morgan fingerprint density at radius 2 is 2.15 bits per heavy atom. The molecule has 0 N–H and O–H groups in total. The minimum absolute atomic E-state index is 0.351. The summed E-state index contributed by atoms with van der Waals surface area (Å²) in [7, 11) is 0. The van der Waals surface area contributed by atoms with Gasteiger partial charge >= 0.3 is 0 Å². The Kier molecular flexibility index (Phi) is 4.74. The van der Waals surface area contributed by atoms with Crippen LogP contribution in [0.1, 0.15) is 29.4 Å². The molecule has 1 heterocycles. The monoisotopic (exact) mass is 287 g/mol. The number of hydrogen-bond acceptors (Lipinski definition) is 3. The molecule has 0 saturated heterocycles. The van der Waals surface area contributed by atoms with Crippen LogP contribution in [0.15, 0.2) is 41.6 Å². The standard InChI is InChI=1S/C16H16ClN2O/c1-11-9-14(7-8-16(11)17)13(3)19-20-10-15-6-4-5-12(2)18-15/h4-9H,1,10H2,2-3H3. The van der Waals surface area contributed by atoms with Crippen molar-refractivity contribution in [2.45, 2.75) is 20.5 Å². The van der Waals surface area contributed by atoms with Gasteiger partial charge in [0.1, 0.15) is 0 Å². The maximum absolute atomic E-state index is 5.94. The Morgan fingerprint density at radius 1 is 1.35 bits per heavy atom. The second-order valence-corrected chi connectivity index (χ2v) is 4.93. The van der Waals surface area contributed by atoms with E-state index in [-0.39, 0.29) is 0 Å². The van der Waals surface area contributed by atoms with E-state index in [9.17, 15) is 0 Å². The van der Waals surface area contributed by atoms with E-state index in [2.05, 4.69) is 17.1 Å². The molecular weight excluding hydrogens is 272 g/mol. The average Bonchev–Trinajstić information content (AvgIpc) is 2.42. The highest BCUT2D eigenvalue weighted by molar-refractivity contribution is 6.31. The molecule has 0 aliphatic rings. The minimum atomic E-state index is 0.351. The van der Waals surface area contributed by atoms with E-state index in [4.69, 9.17) is 16.4 Å². The lowest BCUT2D eigenvalue weighted by molar-refractivity contribution is 0.127. The molecule has 1 aromatic carbocycles. The molecule has 3 nitrogen and oxygen atoms in total. The molecule has 0 bridgehead atoms. The third-order valence-electron chi connectivity index (χ3n) is 2.82. The summed E-state index contributed by atoms with van der Waals surface area (Å²) >= 11 is 5.94. The topological polar surface area (TPSA) is 34.5 Å². The summed E-state index contributed by atoms with van der Waals surface area (Å²) in [6.07, 6.45) is 0. The Labute approximate surface area is 124 Å². The van der Waals surface area contributed by atoms with Crippen molar-refractivity contribution in [3.63, 3.8) is 0 Å². The number of benzene rings is 1. The normalized spacial score (nSPS) is 11.5. The summed E-state index contributed by atoms with van der Waals surface area (Å²) in [5.74, 6) is 0. The summed E-state index contributed by atoms with van der Waals surface area (Å²) in [4.78, 5) is 9.68. The Bertz CT molecular complexity index is 638. The van der Waals surface area contributed by atoms with Gasteiger partial charge in [0.2, 0.25) is 0 Å². The number of hydrogen-bond donors (Lipinski definition) is 0. The van der Waals surface area contributed by atoms with Crippen LogP contribution in [0.5, 0.6) is 0 Å². The van der Waals surface area contributed by atoms with Crippen molar-refractivity contribution >= 4 is 17.3 Å². The quantitative estimate of drug-likeness (QED) is 0.625. The van der Waals surface area contributed by atoms with Crippen LogP contribution in [0.25, 0.3) is 0 Å². The number of pyridine rings is 1. The van der Waals surface area contributed by atoms with Gasteiger partial charge in [-0.25, -0.2) is 0 Å².